The molecule has 3 heterocycles. The fourth-order valence-electron chi connectivity index (χ4n) is 5.32. The van der Waals surface area contributed by atoms with Gasteiger partial charge in [-0.3, -0.25) is 14.7 Å². The SMILES string of the molecule is COc1cccc(F)c1CN1CCC[C@@H](CC(=O)c2ccc3c(c2)C(C2=CCOCC2)=NC3)C1. The van der Waals surface area contributed by atoms with Crippen LogP contribution in [0.1, 0.15) is 52.7 Å². The van der Waals surface area contributed by atoms with Crippen LogP contribution in [-0.4, -0.2) is 49.8 Å². The van der Waals surface area contributed by atoms with Gasteiger partial charge < -0.3 is 9.47 Å². The number of methoxy groups -OCH3 is 1. The molecule has 0 aliphatic carbocycles. The van der Waals surface area contributed by atoms with Crippen LogP contribution in [0.5, 0.6) is 5.75 Å². The summed E-state index contributed by atoms with van der Waals surface area (Å²) in [7, 11) is 1.57. The fourth-order valence-corrected chi connectivity index (χ4v) is 5.32. The summed E-state index contributed by atoms with van der Waals surface area (Å²) in [5, 5.41) is 0. The number of carbonyl (C=O) groups is 1. The van der Waals surface area contributed by atoms with Gasteiger partial charge in [-0.15, -0.1) is 0 Å². The molecule has 6 heteroatoms. The maximum atomic E-state index is 14.4. The molecular weight excluding hydrogens is 431 g/mol. The Bertz CT molecular complexity index is 1140. The van der Waals surface area contributed by atoms with Crippen LogP contribution >= 0.6 is 0 Å². The van der Waals surface area contributed by atoms with E-state index in [-0.39, 0.29) is 17.5 Å². The lowest BCUT2D eigenvalue weighted by Crippen LogP contribution is -2.36. The van der Waals surface area contributed by atoms with Crippen molar-refractivity contribution in [2.24, 2.45) is 10.9 Å². The number of piperidine rings is 1. The van der Waals surface area contributed by atoms with Crippen LogP contribution in [0.2, 0.25) is 0 Å². The summed E-state index contributed by atoms with van der Waals surface area (Å²) in [5.41, 5.74) is 5.87. The molecule has 5 rings (SSSR count). The summed E-state index contributed by atoms with van der Waals surface area (Å²) < 4.78 is 25.2. The second-order valence-electron chi connectivity index (χ2n) is 9.38. The molecule has 0 unspecified atom stereocenters. The number of aliphatic imine (C=N–C) groups is 1. The van der Waals surface area contributed by atoms with Crippen molar-refractivity contribution in [1.29, 1.82) is 0 Å². The van der Waals surface area contributed by atoms with E-state index >= 15 is 0 Å². The maximum Gasteiger partial charge on any atom is 0.163 e. The number of carbonyl (C=O) groups excluding carboxylic acids is 1. The first-order valence-electron chi connectivity index (χ1n) is 12.1. The Morgan fingerprint density at radius 3 is 3.03 bits per heavy atom. The minimum Gasteiger partial charge on any atom is -0.496 e. The minimum absolute atomic E-state index is 0.172. The highest BCUT2D eigenvalue weighted by molar-refractivity contribution is 6.16. The molecule has 0 radical (unpaired) electrons. The van der Waals surface area contributed by atoms with Crippen LogP contribution < -0.4 is 4.74 Å². The summed E-state index contributed by atoms with van der Waals surface area (Å²) in [6.45, 7) is 4.20. The molecule has 3 aliphatic rings. The van der Waals surface area contributed by atoms with Crippen LogP contribution in [0.15, 0.2) is 53.0 Å². The topological polar surface area (TPSA) is 51.1 Å². The van der Waals surface area contributed by atoms with Gasteiger partial charge in [0.2, 0.25) is 0 Å². The van der Waals surface area contributed by atoms with Crippen LogP contribution in [0.3, 0.4) is 0 Å². The van der Waals surface area contributed by atoms with Crippen LogP contribution in [0.4, 0.5) is 4.39 Å². The lowest BCUT2D eigenvalue weighted by atomic mass is 9.89. The van der Waals surface area contributed by atoms with Gasteiger partial charge in [0, 0.05) is 36.2 Å². The molecule has 34 heavy (non-hydrogen) atoms. The minimum atomic E-state index is -0.243. The van der Waals surface area contributed by atoms with Crippen molar-refractivity contribution in [3.63, 3.8) is 0 Å². The van der Waals surface area contributed by atoms with Gasteiger partial charge in [0.25, 0.3) is 0 Å². The third-order valence-corrected chi connectivity index (χ3v) is 7.12. The second-order valence-corrected chi connectivity index (χ2v) is 9.38. The molecule has 1 saturated heterocycles. The van der Waals surface area contributed by atoms with E-state index in [0.717, 1.165) is 55.8 Å². The van der Waals surface area contributed by atoms with Crippen molar-refractivity contribution in [3.05, 3.63) is 76.1 Å². The van der Waals surface area contributed by atoms with Gasteiger partial charge in [-0.25, -0.2) is 4.39 Å². The lowest BCUT2D eigenvalue weighted by molar-refractivity contribution is 0.0911. The molecule has 2 aromatic rings. The second kappa shape index (κ2) is 10.2. The first kappa shape index (κ1) is 22.9. The van der Waals surface area contributed by atoms with E-state index < -0.39 is 0 Å². The molecule has 0 bridgehead atoms. The van der Waals surface area contributed by atoms with E-state index in [1.165, 1.54) is 17.2 Å². The van der Waals surface area contributed by atoms with E-state index in [9.17, 15) is 9.18 Å². The van der Waals surface area contributed by atoms with Crippen molar-refractivity contribution in [2.75, 3.05) is 33.4 Å². The Kier molecular flexibility index (Phi) is 6.88. The number of Topliss-reactive ketones (excluding diaryl/α,β-unsaturated/α-hetero) is 1. The molecule has 0 amide bonds. The van der Waals surface area contributed by atoms with Gasteiger partial charge in [0.05, 0.1) is 32.6 Å². The summed E-state index contributed by atoms with van der Waals surface area (Å²) in [4.78, 5) is 20.2. The monoisotopic (exact) mass is 462 g/mol. The standard InChI is InChI=1S/C28H31FN2O3/c1-33-27-6-2-5-25(29)24(27)18-31-11-3-4-19(17-31)14-26(32)21-7-8-22-16-30-28(23(22)15-21)20-9-12-34-13-10-20/h2,5-9,15,19H,3-4,10-14,16-18H2,1H3/t19-/m0/s1. The van der Waals surface area contributed by atoms with Crippen LogP contribution in [0.25, 0.3) is 0 Å². The molecule has 3 aliphatic heterocycles. The molecule has 2 aromatic carbocycles. The van der Waals surface area contributed by atoms with Crippen LogP contribution in [0, 0.1) is 11.7 Å². The van der Waals surface area contributed by atoms with E-state index in [2.05, 4.69) is 17.0 Å². The molecule has 0 saturated carbocycles. The normalized spacial score (nSPS) is 20.5. The van der Waals surface area contributed by atoms with Crippen molar-refractivity contribution < 1.29 is 18.7 Å². The van der Waals surface area contributed by atoms with Gasteiger partial charge in [-0.2, -0.15) is 0 Å². The summed E-state index contributed by atoms with van der Waals surface area (Å²) in [6, 6.07) is 11.0. The van der Waals surface area contributed by atoms with Crippen molar-refractivity contribution in [3.8, 4) is 5.75 Å². The number of halogens is 1. The average molecular weight is 463 g/mol. The van der Waals surface area contributed by atoms with Gasteiger partial charge in [-0.05, 0) is 61.1 Å². The largest absolute Gasteiger partial charge is 0.496 e. The first-order valence-corrected chi connectivity index (χ1v) is 12.1. The first-order chi connectivity index (χ1) is 16.6. The zero-order valence-electron chi connectivity index (χ0n) is 19.7. The number of rotatable bonds is 7. The molecule has 178 valence electrons. The zero-order chi connectivity index (χ0) is 23.5. The van der Waals surface area contributed by atoms with Gasteiger partial charge in [0.15, 0.2) is 5.78 Å². The molecule has 0 aromatic heterocycles. The highest BCUT2D eigenvalue weighted by atomic mass is 19.1. The fraction of sp³-hybridized carbons (Fsp3) is 0.429. The smallest absolute Gasteiger partial charge is 0.163 e. The Labute approximate surface area is 200 Å². The van der Waals surface area contributed by atoms with Gasteiger partial charge in [0.1, 0.15) is 11.6 Å². The Morgan fingerprint density at radius 1 is 1.29 bits per heavy atom. The number of hydrogen-bond donors (Lipinski definition) is 0. The summed E-state index contributed by atoms with van der Waals surface area (Å²) in [5.74, 6) is 0.769. The van der Waals surface area contributed by atoms with E-state index in [1.54, 1.807) is 19.2 Å². The number of ketones is 1. The van der Waals surface area contributed by atoms with Crippen LogP contribution in [-0.2, 0) is 17.8 Å². The molecule has 5 nitrogen and oxygen atoms in total. The number of ether oxygens (including phenoxy) is 2. The van der Waals surface area contributed by atoms with Crippen molar-refractivity contribution in [2.45, 2.75) is 38.8 Å². The average Bonchev–Trinajstić information content (AvgIpc) is 3.29. The third-order valence-electron chi connectivity index (χ3n) is 7.12. The molecule has 0 spiro atoms. The number of nitrogens with zero attached hydrogens (tertiary/aromatic N) is 2. The van der Waals surface area contributed by atoms with E-state index in [1.807, 2.05) is 12.1 Å². The van der Waals surface area contributed by atoms with E-state index in [4.69, 9.17) is 14.5 Å². The lowest BCUT2D eigenvalue weighted by Gasteiger charge is -2.33. The predicted octanol–water partition coefficient (Wildman–Crippen LogP) is 4.97. The highest BCUT2D eigenvalue weighted by Crippen LogP contribution is 2.30. The number of hydrogen-bond acceptors (Lipinski definition) is 5. The number of likely N-dealkylation sites (tertiary alicyclic amines) is 1. The molecular formula is C28H31FN2O3. The molecule has 1 atom stereocenters. The van der Waals surface area contributed by atoms with Crippen molar-refractivity contribution >= 4 is 11.5 Å². The number of fused-ring (bicyclic) bond motifs is 1. The molecule has 0 N–H and O–H groups in total. The maximum absolute atomic E-state index is 14.4. The Balaban J connectivity index is 1.25. The summed E-state index contributed by atoms with van der Waals surface area (Å²) in [6.07, 6.45) is 5.49. The molecule has 1 fully saturated rings. The van der Waals surface area contributed by atoms with Gasteiger partial charge >= 0.3 is 0 Å². The zero-order valence-corrected chi connectivity index (χ0v) is 19.7. The summed E-state index contributed by atoms with van der Waals surface area (Å²) >= 11 is 0. The quantitative estimate of drug-likeness (QED) is 0.546. The number of benzene rings is 2. The van der Waals surface area contributed by atoms with Crippen molar-refractivity contribution in [1.82, 2.24) is 4.90 Å². The third kappa shape index (κ3) is 4.84. The Morgan fingerprint density at radius 2 is 2.21 bits per heavy atom. The Hall–Kier alpha value is -2.83. The van der Waals surface area contributed by atoms with E-state index in [0.29, 0.717) is 37.4 Å². The van der Waals surface area contributed by atoms with Gasteiger partial charge in [-0.1, -0.05) is 24.3 Å². The predicted molar refractivity (Wildman–Crippen MR) is 130 cm³/mol. The highest BCUT2D eigenvalue weighted by Gasteiger charge is 2.26.